The number of carbonyl (C=O) groups is 1. The second kappa shape index (κ2) is 5.41. The number of thiophene rings is 1. The van der Waals surface area contributed by atoms with E-state index < -0.39 is 0 Å². The Morgan fingerprint density at radius 1 is 1.27 bits per heavy atom. The number of rotatable bonds is 3. The third-order valence-corrected chi connectivity index (χ3v) is 5.78. The molecule has 3 heterocycles. The molecule has 2 aliphatic heterocycles. The van der Waals surface area contributed by atoms with Crippen LogP contribution in [0.4, 0.5) is 5.69 Å². The van der Waals surface area contributed by atoms with Crippen molar-refractivity contribution in [3.63, 3.8) is 0 Å². The number of nitrogen functional groups attached to an aromatic ring is 1. The lowest BCUT2D eigenvalue weighted by Crippen LogP contribution is -2.42. The molecule has 4 rings (SSSR count). The number of piperidine rings is 1. The van der Waals surface area contributed by atoms with Crippen LogP contribution in [0.3, 0.4) is 0 Å². The molecule has 4 nitrogen and oxygen atoms in total. The van der Waals surface area contributed by atoms with Gasteiger partial charge in [-0.1, -0.05) is 12.1 Å². The predicted molar refractivity (Wildman–Crippen MR) is 90.0 cm³/mol. The van der Waals surface area contributed by atoms with Gasteiger partial charge >= 0.3 is 0 Å². The molecule has 2 aliphatic rings. The van der Waals surface area contributed by atoms with Crippen LogP contribution in [0.2, 0.25) is 0 Å². The molecule has 2 saturated heterocycles. The Bertz CT molecular complexity index is 711. The Kier molecular flexibility index (Phi) is 3.39. The Morgan fingerprint density at radius 3 is 2.91 bits per heavy atom. The first-order chi connectivity index (χ1) is 10.7. The molecule has 2 fully saturated rings. The topological polar surface area (TPSA) is 58.4 Å². The van der Waals surface area contributed by atoms with E-state index in [1.165, 1.54) is 24.3 Å². The molecule has 1 aromatic carbocycles. The van der Waals surface area contributed by atoms with Crippen molar-refractivity contribution in [3.05, 3.63) is 41.3 Å². The number of fused-ring (bicyclic) bond motifs is 2. The third kappa shape index (κ3) is 2.51. The number of amides is 1. The summed E-state index contributed by atoms with van der Waals surface area (Å²) in [7, 11) is 0. The van der Waals surface area contributed by atoms with Crippen molar-refractivity contribution >= 4 is 22.9 Å². The first kappa shape index (κ1) is 13.8. The number of nitrogens with two attached hydrogens (primary N) is 1. The molecule has 5 heteroatoms. The quantitative estimate of drug-likeness (QED) is 0.856. The number of nitrogens with one attached hydrogen (secondary N) is 1. The first-order valence-corrected chi connectivity index (χ1v) is 8.50. The van der Waals surface area contributed by atoms with E-state index in [4.69, 9.17) is 5.73 Å². The molecule has 0 saturated carbocycles. The average Bonchev–Trinajstić information content (AvgIpc) is 3.23. The van der Waals surface area contributed by atoms with E-state index >= 15 is 0 Å². The van der Waals surface area contributed by atoms with Crippen molar-refractivity contribution in [1.29, 1.82) is 0 Å². The summed E-state index contributed by atoms with van der Waals surface area (Å²) in [4.78, 5) is 16.7. The summed E-state index contributed by atoms with van der Waals surface area (Å²) < 4.78 is 0. The minimum atomic E-state index is 0.0545. The smallest absolute Gasteiger partial charge is 0.261 e. The molecule has 22 heavy (non-hydrogen) atoms. The van der Waals surface area contributed by atoms with E-state index in [1.54, 1.807) is 0 Å². The van der Waals surface area contributed by atoms with Crippen molar-refractivity contribution < 1.29 is 4.79 Å². The zero-order valence-electron chi connectivity index (χ0n) is 12.3. The molecule has 114 valence electrons. The molecular formula is C17H19N3OS. The molecule has 1 amide bonds. The summed E-state index contributed by atoms with van der Waals surface area (Å²) in [6.07, 6.45) is 1.21. The largest absolute Gasteiger partial charge is 0.399 e. The lowest BCUT2D eigenvalue weighted by Gasteiger charge is -2.22. The summed E-state index contributed by atoms with van der Waals surface area (Å²) in [5, 5.41) is 3.21. The van der Waals surface area contributed by atoms with Gasteiger partial charge in [-0.05, 0) is 48.7 Å². The monoisotopic (exact) mass is 313 g/mol. The summed E-state index contributed by atoms with van der Waals surface area (Å²) >= 11 is 1.52. The number of benzene rings is 1. The number of nitrogens with zero attached hydrogens (tertiary/aromatic N) is 1. The van der Waals surface area contributed by atoms with Crippen LogP contribution in [0.5, 0.6) is 0 Å². The van der Waals surface area contributed by atoms with Crippen molar-refractivity contribution in [2.75, 3.05) is 25.4 Å². The highest BCUT2D eigenvalue weighted by atomic mass is 32.1. The highest BCUT2D eigenvalue weighted by molar-refractivity contribution is 7.17. The normalized spacial score (nSPS) is 26.3. The fourth-order valence-electron chi connectivity index (χ4n) is 3.49. The average molecular weight is 313 g/mol. The van der Waals surface area contributed by atoms with Crippen molar-refractivity contribution in [3.8, 4) is 10.4 Å². The second-order valence-corrected chi connectivity index (χ2v) is 7.26. The molecule has 0 spiro atoms. The van der Waals surface area contributed by atoms with E-state index in [1.807, 2.05) is 36.4 Å². The third-order valence-electron chi connectivity index (χ3n) is 4.65. The minimum absolute atomic E-state index is 0.0545. The van der Waals surface area contributed by atoms with Crippen LogP contribution in [0.1, 0.15) is 16.1 Å². The SMILES string of the molecule is Nc1cccc(-c2ccc(C(=O)NC3CN4CC[C@H]3C4)s2)c1. The maximum atomic E-state index is 12.4. The van der Waals surface area contributed by atoms with Crippen molar-refractivity contribution in [2.24, 2.45) is 5.92 Å². The van der Waals surface area contributed by atoms with Crippen LogP contribution in [0.15, 0.2) is 36.4 Å². The Labute approximate surface area is 133 Å². The van der Waals surface area contributed by atoms with Gasteiger partial charge in [-0.2, -0.15) is 0 Å². The number of anilines is 1. The number of hydrogen-bond acceptors (Lipinski definition) is 4. The van der Waals surface area contributed by atoms with Crippen LogP contribution in [-0.4, -0.2) is 36.5 Å². The molecule has 2 bridgehead atoms. The number of carbonyl (C=O) groups excluding carboxylic acids is 1. The van der Waals surface area contributed by atoms with E-state index in [0.717, 1.165) is 34.1 Å². The molecule has 3 atom stereocenters. The van der Waals surface area contributed by atoms with Crippen LogP contribution in [0, 0.1) is 5.92 Å². The molecule has 2 aromatic rings. The van der Waals surface area contributed by atoms with Gasteiger partial charge < -0.3 is 16.0 Å². The van der Waals surface area contributed by atoms with Gasteiger partial charge in [-0.15, -0.1) is 11.3 Å². The Morgan fingerprint density at radius 2 is 2.18 bits per heavy atom. The lowest BCUT2D eigenvalue weighted by atomic mass is 10.00. The molecule has 1 aromatic heterocycles. The minimum Gasteiger partial charge on any atom is -0.399 e. The van der Waals surface area contributed by atoms with Gasteiger partial charge in [0.25, 0.3) is 5.91 Å². The maximum Gasteiger partial charge on any atom is 0.261 e. The van der Waals surface area contributed by atoms with Gasteiger partial charge in [-0.3, -0.25) is 4.79 Å². The maximum absolute atomic E-state index is 12.4. The molecule has 0 radical (unpaired) electrons. The molecule has 3 N–H and O–H groups in total. The number of hydrogen-bond donors (Lipinski definition) is 2. The standard InChI is InChI=1S/C17H19N3OS/c18-13-3-1-2-11(8-13)15-4-5-16(22-15)17(21)19-14-10-20-7-6-12(14)9-20/h1-5,8,12,14H,6-7,9-10,18H2,(H,19,21)/t12-,14?/m0/s1. The van der Waals surface area contributed by atoms with Gasteiger partial charge in [0.05, 0.1) is 4.88 Å². The van der Waals surface area contributed by atoms with Crippen LogP contribution < -0.4 is 11.1 Å². The highest BCUT2D eigenvalue weighted by Gasteiger charge is 2.38. The van der Waals surface area contributed by atoms with Crippen molar-refractivity contribution in [2.45, 2.75) is 12.5 Å². The zero-order chi connectivity index (χ0) is 15.1. The Hall–Kier alpha value is -1.85. The fourth-order valence-corrected chi connectivity index (χ4v) is 4.40. The van der Waals surface area contributed by atoms with Gasteiger partial charge in [-0.25, -0.2) is 0 Å². The second-order valence-electron chi connectivity index (χ2n) is 6.18. The van der Waals surface area contributed by atoms with Gasteiger partial charge in [0.2, 0.25) is 0 Å². The van der Waals surface area contributed by atoms with Gasteiger partial charge in [0.1, 0.15) is 0 Å². The Balaban J connectivity index is 1.48. The van der Waals surface area contributed by atoms with Crippen LogP contribution in [0.25, 0.3) is 10.4 Å². The highest BCUT2D eigenvalue weighted by Crippen LogP contribution is 2.31. The van der Waals surface area contributed by atoms with Crippen molar-refractivity contribution in [1.82, 2.24) is 10.2 Å². The van der Waals surface area contributed by atoms with Gasteiger partial charge in [0, 0.05) is 29.7 Å². The first-order valence-electron chi connectivity index (χ1n) is 7.68. The van der Waals surface area contributed by atoms with E-state index in [-0.39, 0.29) is 5.91 Å². The van der Waals surface area contributed by atoms with E-state index in [9.17, 15) is 4.79 Å². The van der Waals surface area contributed by atoms with Crippen LogP contribution in [-0.2, 0) is 0 Å². The summed E-state index contributed by atoms with van der Waals surface area (Å²) in [6, 6.07) is 12.0. The summed E-state index contributed by atoms with van der Waals surface area (Å²) in [5.74, 6) is 0.691. The fraction of sp³-hybridized carbons (Fsp3) is 0.353. The zero-order valence-corrected chi connectivity index (χ0v) is 13.1. The molecular weight excluding hydrogens is 294 g/mol. The summed E-state index contributed by atoms with van der Waals surface area (Å²) in [6.45, 7) is 3.34. The van der Waals surface area contributed by atoms with Crippen LogP contribution >= 0.6 is 11.3 Å². The molecule has 2 unspecified atom stereocenters. The summed E-state index contributed by atoms with van der Waals surface area (Å²) in [5.41, 5.74) is 7.64. The lowest BCUT2D eigenvalue weighted by molar-refractivity contribution is 0.0928. The molecule has 0 aliphatic carbocycles. The van der Waals surface area contributed by atoms with E-state index in [2.05, 4.69) is 10.2 Å². The predicted octanol–water partition coefficient (Wildman–Crippen LogP) is 2.43. The van der Waals surface area contributed by atoms with E-state index in [0.29, 0.717) is 12.0 Å². The van der Waals surface area contributed by atoms with Gasteiger partial charge in [0.15, 0.2) is 0 Å².